The number of hydrogen-bond donors (Lipinski definition) is 2. The molecule has 0 aromatic heterocycles. The number of nitrogens with one attached hydrogen (secondary N) is 1. The molecule has 0 aliphatic heterocycles. The topological polar surface area (TPSA) is 73.6 Å². The molecule has 1 unspecified atom stereocenters. The summed E-state index contributed by atoms with van der Waals surface area (Å²) in [7, 11) is 1.59. The Labute approximate surface area is 126 Å². The Balaban J connectivity index is 2.71. The molecule has 0 spiro atoms. The largest absolute Gasteiger partial charge is 0.497 e. The van der Waals surface area contributed by atoms with E-state index in [1.54, 1.807) is 13.2 Å². The molecule has 1 aromatic rings. The number of hydrogen-bond acceptors (Lipinski definition) is 4. The molecule has 2 atom stereocenters. The van der Waals surface area contributed by atoms with Crippen LogP contribution in [0.5, 0.6) is 11.5 Å². The summed E-state index contributed by atoms with van der Waals surface area (Å²) >= 11 is 0. The maximum Gasteiger partial charge on any atom is 0.258 e. The van der Waals surface area contributed by atoms with E-state index in [0.29, 0.717) is 17.4 Å². The van der Waals surface area contributed by atoms with Gasteiger partial charge in [-0.05, 0) is 25.8 Å². The number of rotatable bonds is 7. The van der Waals surface area contributed by atoms with Crippen molar-refractivity contribution in [3.8, 4) is 11.5 Å². The Bertz CT molecular complexity index is 473. The first-order valence-electron chi connectivity index (χ1n) is 7.20. The lowest BCUT2D eigenvalue weighted by molar-refractivity contribution is -0.124. The van der Waals surface area contributed by atoms with Crippen LogP contribution in [-0.4, -0.2) is 25.7 Å². The minimum Gasteiger partial charge on any atom is -0.497 e. The summed E-state index contributed by atoms with van der Waals surface area (Å²) in [4.78, 5) is 11.9. The Morgan fingerprint density at radius 1 is 1.29 bits per heavy atom. The highest BCUT2D eigenvalue weighted by Crippen LogP contribution is 2.28. The van der Waals surface area contributed by atoms with E-state index < -0.39 is 0 Å². The number of methoxy groups -OCH3 is 1. The quantitative estimate of drug-likeness (QED) is 0.809. The van der Waals surface area contributed by atoms with Crippen molar-refractivity contribution in [3.63, 3.8) is 0 Å². The van der Waals surface area contributed by atoms with Crippen LogP contribution in [0.3, 0.4) is 0 Å². The second kappa shape index (κ2) is 7.88. The van der Waals surface area contributed by atoms with E-state index in [2.05, 4.69) is 19.2 Å². The van der Waals surface area contributed by atoms with Crippen LogP contribution in [0, 0.1) is 5.92 Å². The molecule has 1 aromatic carbocycles. The van der Waals surface area contributed by atoms with Gasteiger partial charge in [-0.25, -0.2) is 0 Å². The predicted molar refractivity (Wildman–Crippen MR) is 83.5 cm³/mol. The van der Waals surface area contributed by atoms with Crippen LogP contribution >= 0.6 is 0 Å². The highest BCUT2D eigenvalue weighted by molar-refractivity contribution is 5.77. The van der Waals surface area contributed by atoms with Gasteiger partial charge in [0.15, 0.2) is 6.61 Å². The zero-order valence-corrected chi connectivity index (χ0v) is 13.5. The zero-order valence-electron chi connectivity index (χ0n) is 13.5. The van der Waals surface area contributed by atoms with Gasteiger partial charge in [0.2, 0.25) is 0 Å². The lowest BCUT2D eigenvalue weighted by Gasteiger charge is -2.19. The highest BCUT2D eigenvalue weighted by Gasteiger charge is 2.14. The highest BCUT2D eigenvalue weighted by atomic mass is 16.5. The van der Waals surface area contributed by atoms with Gasteiger partial charge in [-0.2, -0.15) is 0 Å². The molecule has 5 nitrogen and oxygen atoms in total. The van der Waals surface area contributed by atoms with E-state index in [0.717, 1.165) is 5.56 Å². The average Bonchev–Trinajstić information content (AvgIpc) is 2.44. The Hall–Kier alpha value is -1.75. The van der Waals surface area contributed by atoms with Crippen molar-refractivity contribution >= 4 is 5.91 Å². The van der Waals surface area contributed by atoms with Crippen LogP contribution in [-0.2, 0) is 4.79 Å². The molecule has 21 heavy (non-hydrogen) atoms. The number of carbonyl (C=O) groups is 1. The maximum atomic E-state index is 11.9. The van der Waals surface area contributed by atoms with Crippen molar-refractivity contribution in [3.05, 3.63) is 23.8 Å². The monoisotopic (exact) mass is 294 g/mol. The summed E-state index contributed by atoms with van der Waals surface area (Å²) in [5, 5.41) is 2.90. The fourth-order valence-electron chi connectivity index (χ4n) is 1.75. The van der Waals surface area contributed by atoms with Crippen molar-refractivity contribution in [1.29, 1.82) is 0 Å². The van der Waals surface area contributed by atoms with E-state index in [1.807, 2.05) is 26.0 Å². The van der Waals surface area contributed by atoms with E-state index in [4.69, 9.17) is 15.2 Å². The summed E-state index contributed by atoms with van der Waals surface area (Å²) in [5.41, 5.74) is 6.76. The Morgan fingerprint density at radius 3 is 2.48 bits per heavy atom. The minimum absolute atomic E-state index is 0.0378. The molecule has 0 saturated heterocycles. The molecule has 1 amide bonds. The zero-order chi connectivity index (χ0) is 16.0. The van der Waals surface area contributed by atoms with Crippen molar-refractivity contribution in [2.45, 2.75) is 39.8 Å². The molecule has 0 fully saturated rings. The summed E-state index contributed by atoms with van der Waals surface area (Å²) in [5.74, 6) is 1.49. The van der Waals surface area contributed by atoms with Gasteiger partial charge in [-0.15, -0.1) is 0 Å². The van der Waals surface area contributed by atoms with E-state index >= 15 is 0 Å². The van der Waals surface area contributed by atoms with Gasteiger partial charge < -0.3 is 20.5 Å². The molecule has 0 saturated carbocycles. The summed E-state index contributed by atoms with van der Waals surface area (Å²) < 4.78 is 10.8. The lowest BCUT2D eigenvalue weighted by Crippen LogP contribution is -2.39. The van der Waals surface area contributed by atoms with Crippen LogP contribution < -0.4 is 20.5 Å². The van der Waals surface area contributed by atoms with E-state index in [9.17, 15) is 4.79 Å². The molecule has 118 valence electrons. The van der Waals surface area contributed by atoms with Crippen LogP contribution in [0.1, 0.15) is 39.3 Å². The average molecular weight is 294 g/mol. The van der Waals surface area contributed by atoms with Gasteiger partial charge in [-0.1, -0.05) is 19.9 Å². The molecule has 1 rings (SSSR count). The van der Waals surface area contributed by atoms with Gasteiger partial charge in [0, 0.05) is 23.7 Å². The second-order valence-corrected chi connectivity index (χ2v) is 5.58. The third kappa shape index (κ3) is 5.27. The van der Waals surface area contributed by atoms with Gasteiger partial charge in [0.05, 0.1) is 7.11 Å². The predicted octanol–water partition coefficient (Wildman–Crippen LogP) is 2.25. The third-order valence-corrected chi connectivity index (χ3v) is 3.46. The number of benzene rings is 1. The molecule has 3 N–H and O–H groups in total. The first kappa shape index (κ1) is 17.3. The molecule has 0 aliphatic carbocycles. The van der Waals surface area contributed by atoms with Crippen LogP contribution in [0.25, 0.3) is 0 Å². The van der Waals surface area contributed by atoms with Crippen LogP contribution in [0.2, 0.25) is 0 Å². The summed E-state index contributed by atoms with van der Waals surface area (Å²) in [6.07, 6.45) is 0. The lowest BCUT2D eigenvalue weighted by atomic mass is 10.1. The Kier molecular flexibility index (Phi) is 6.49. The van der Waals surface area contributed by atoms with Gasteiger partial charge >= 0.3 is 0 Å². The SMILES string of the molecule is COc1ccc([C@@H](C)N)c(OCC(=O)NC(C)C(C)C)c1. The van der Waals surface area contributed by atoms with Gasteiger partial charge in [0.1, 0.15) is 11.5 Å². The van der Waals surface area contributed by atoms with Crippen molar-refractivity contribution in [2.75, 3.05) is 13.7 Å². The molecular weight excluding hydrogens is 268 g/mol. The number of ether oxygens (including phenoxy) is 2. The van der Waals surface area contributed by atoms with Gasteiger partial charge in [-0.3, -0.25) is 4.79 Å². The second-order valence-electron chi connectivity index (χ2n) is 5.58. The van der Waals surface area contributed by atoms with E-state index in [-0.39, 0.29) is 24.6 Å². The number of amides is 1. The number of carbonyl (C=O) groups excluding carboxylic acids is 1. The summed E-state index contributed by atoms with van der Waals surface area (Å²) in [6, 6.07) is 5.36. The first-order valence-corrected chi connectivity index (χ1v) is 7.20. The summed E-state index contributed by atoms with van der Waals surface area (Å²) in [6.45, 7) is 7.92. The molecule has 5 heteroatoms. The van der Waals surface area contributed by atoms with Crippen LogP contribution in [0.15, 0.2) is 18.2 Å². The minimum atomic E-state index is -0.177. The molecule has 0 aliphatic rings. The molecule has 0 heterocycles. The smallest absolute Gasteiger partial charge is 0.258 e. The van der Waals surface area contributed by atoms with Crippen molar-refractivity contribution in [1.82, 2.24) is 5.32 Å². The Morgan fingerprint density at radius 2 is 1.95 bits per heavy atom. The normalized spacial score (nSPS) is 13.7. The van der Waals surface area contributed by atoms with Crippen LogP contribution in [0.4, 0.5) is 0 Å². The van der Waals surface area contributed by atoms with Crippen molar-refractivity contribution < 1.29 is 14.3 Å². The fraction of sp³-hybridized carbons (Fsp3) is 0.562. The third-order valence-electron chi connectivity index (χ3n) is 3.46. The fourth-order valence-corrected chi connectivity index (χ4v) is 1.75. The molecule has 0 bridgehead atoms. The standard InChI is InChI=1S/C16H26N2O3/c1-10(2)12(4)18-16(19)9-21-15-8-13(20-5)6-7-14(15)11(3)17/h6-8,10-12H,9,17H2,1-5H3,(H,18,19)/t11-,12?/m1/s1. The van der Waals surface area contributed by atoms with Crippen molar-refractivity contribution in [2.24, 2.45) is 11.7 Å². The van der Waals surface area contributed by atoms with Gasteiger partial charge in [0.25, 0.3) is 5.91 Å². The van der Waals surface area contributed by atoms with E-state index in [1.165, 1.54) is 0 Å². The number of nitrogens with two attached hydrogens (primary N) is 1. The first-order chi connectivity index (χ1) is 9.85. The maximum absolute atomic E-state index is 11.9. The molecular formula is C16H26N2O3. The molecule has 0 radical (unpaired) electrons.